The topological polar surface area (TPSA) is 66.0 Å². The lowest BCUT2D eigenvalue weighted by Crippen LogP contribution is -2.10. The van der Waals surface area contributed by atoms with Crippen LogP contribution in [0.15, 0.2) is 28.9 Å². The Morgan fingerprint density at radius 2 is 2.29 bits per heavy atom. The largest absolute Gasteiger partial charge is 0.496 e. The Morgan fingerprint density at radius 3 is 2.94 bits per heavy atom. The smallest absolute Gasteiger partial charge is 0.133 e. The molecule has 1 heterocycles. The molecule has 0 atom stereocenters. The molecule has 6 heteroatoms. The van der Waals surface area contributed by atoms with Crippen LogP contribution in [0, 0.1) is 0 Å². The highest BCUT2D eigenvalue weighted by atomic mass is 79.9. The first-order valence-corrected chi connectivity index (χ1v) is 5.98. The Kier molecular flexibility index (Phi) is 3.75. The SMILES string of the molecule is COc1ccc(-c2cn(CCN)nn2)cc1Br. The fraction of sp³-hybridized carbons (Fsp3) is 0.273. The minimum absolute atomic E-state index is 0.551. The summed E-state index contributed by atoms with van der Waals surface area (Å²) in [5, 5.41) is 8.09. The summed E-state index contributed by atoms with van der Waals surface area (Å²) in [6, 6.07) is 5.79. The van der Waals surface area contributed by atoms with E-state index in [9.17, 15) is 0 Å². The summed E-state index contributed by atoms with van der Waals surface area (Å²) in [7, 11) is 1.64. The van der Waals surface area contributed by atoms with E-state index in [1.165, 1.54) is 0 Å². The molecule has 0 spiro atoms. The highest BCUT2D eigenvalue weighted by Gasteiger charge is 2.06. The molecular weight excluding hydrogens is 284 g/mol. The number of nitrogens with zero attached hydrogens (tertiary/aromatic N) is 3. The fourth-order valence-electron chi connectivity index (χ4n) is 1.50. The van der Waals surface area contributed by atoms with Gasteiger partial charge in [0.05, 0.1) is 24.3 Å². The van der Waals surface area contributed by atoms with E-state index in [0.29, 0.717) is 13.1 Å². The van der Waals surface area contributed by atoms with Gasteiger partial charge in [0, 0.05) is 12.1 Å². The van der Waals surface area contributed by atoms with Gasteiger partial charge >= 0.3 is 0 Å². The van der Waals surface area contributed by atoms with Crippen LogP contribution in [0.3, 0.4) is 0 Å². The summed E-state index contributed by atoms with van der Waals surface area (Å²) in [5.74, 6) is 0.795. The number of halogens is 1. The molecule has 0 aliphatic carbocycles. The van der Waals surface area contributed by atoms with Gasteiger partial charge in [-0.25, -0.2) is 0 Å². The summed E-state index contributed by atoms with van der Waals surface area (Å²) >= 11 is 3.44. The summed E-state index contributed by atoms with van der Waals surface area (Å²) in [6.45, 7) is 1.22. The summed E-state index contributed by atoms with van der Waals surface area (Å²) in [4.78, 5) is 0. The molecule has 2 aromatic rings. The van der Waals surface area contributed by atoms with Crippen molar-refractivity contribution in [3.8, 4) is 17.0 Å². The zero-order valence-corrected chi connectivity index (χ0v) is 11.0. The summed E-state index contributed by atoms with van der Waals surface area (Å²) in [5.41, 5.74) is 7.27. The highest BCUT2D eigenvalue weighted by Crippen LogP contribution is 2.29. The van der Waals surface area contributed by atoms with Crippen molar-refractivity contribution in [1.29, 1.82) is 0 Å². The molecule has 0 amide bonds. The van der Waals surface area contributed by atoms with Gasteiger partial charge in [-0.3, -0.25) is 4.68 Å². The van der Waals surface area contributed by atoms with Crippen LogP contribution >= 0.6 is 15.9 Å². The number of ether oxygens (including phenoxy) is 1. The minimum Gasteiger partial charge on any atom is -0.496 e. The Labute approximate surface area is 108 Å². The molecule has 0 bridgehead atoms. The van der Waals surface area contributed by atoms with E-state index >= 15 is 0 Å². The van der Waals surface area contributed by atoms with Gasteiger partial charge in [-0.1, -0.05) is 5.21 Å². The van der Waals surface area contributed by atoms with Crippen LogP contribution in [-0.4, -0.2) is 28.6 Å². The number of methoxy groups -OCH3 is 1. The predicted molar refractivity (Wildman–Crippen MR) is 68.8 cm³/mol. The monoisotopic (exact) mass is 296 g/mol. The Morgan fingerprint density at radius 1 is 1.47 bits per heavy atom. The molecule has 0 aliphatic rings. The second kappa shape index (κ2) is 5.29. The van der Waals surface area contributed by atoms with Gasteiger partial charge in [0.1, 0.15) is 11.4 Å². The van der Waals surface area contributed by atoms with Crippen LogP contribution in [0.1, 0.15) is 0 Å². The van der Waals surface area contributed by atoms with Crippen LogP contribution in [0.25, 0.3) is 11.3 Å². The van der Waals surface area contributed by atoms with E-state index in [1.807, 2.05) is 24.4 Å². The number of rotatable bonds is 4. The van der Waals surface area contributed by atoms with Crippen molar-refractivity contribution in [3.05, 3.63) is 28.9 Å². The molecule has 0 radical (unpaired) electrons. The van der Waals surface area contributed by atoms with Crippen molar-refractivity contribution in [3.63, 3.8) is 0 Å². The zero-order chi connectivity index (χ0) is 12.3. The number of aromatic nitrogens is 3. The average Bonchev–Trinajstić information content (AvgIpc) is 2.78. The van der Waals surface area contributed by atoms with Crippen molar-refractivity contribution in [2.24, 2.45) is 5.73 Å². The molecule has 0 fully saturated rings. The molecule has 0 unspecified atom stereocenters. The molecule has 2 rings (SSSR count). The van der Waals surface area contributed by atoms with Crippen LogP contribution in [0.2, 0.25) is 0 Å². The number of hydrogen-bond donors (Lipinski definition) is 1. The third kappa shape index (κ3) is 2.65. The molecule has 90 valence electrons. The van der Waals surface area contributed by atoms with Crippen molar-refractivity contribution in [2.45, 2.75) is 6.54 Å². The molecule has 17 heavy (non-hydrogen) atoms. The molecule has 0 saturated carbocycles. The predicted octanol–water partition coefficient (Wildman–Crippen LogP) is 1.67. The Balaban J connectivity index is 2.29. The third-order valence-corrected chi connectivity index (χ3v) is 2.96. The quantitative estimate of drug-likeness (QED) is 0.932. The number of nitrogens with two attached hydrogens (primary N) is 1. The first-order chi connectivity index (χ1) is 8.24. The van der Waals surface area contributed by atoms with E-state index in [0.717, 1.165) is 21.5 Å². The molecule has 1 aromatic carbocycles. The maximum absolute atomic E-state index is 5.46. The van der Waals surface area contributed by atoms with E-state index in [1.54, 1.807) is 11.8 Å². The minimum atomic E-state index is 0.551. The lowest BCUT2D eigenvalue weighted by Gasteiger charge is -2.03. The first-order valence-electron chi connectivity index (χ1n) is 5.18. The zero-order valence-electron chi connectivity index (χ0n) is 9.43. The van der Waals surface area contributed by atoms with E-state index in [4.69, 9.17) is 10.5 Å². The van der Waals surface area contributed by atoms with Crippen molar-refractivity contribution in [1.82, 2.24) is 15.0 Å². The average molecular weight is 297 g/mol. The first kappa shape index (κ1) is 12.1. The van der Waals surface area contributed by atoms with E-state index in [2.05, 4.69) is 26.2 Å². The van der Waals surface area contributed by atoms with Gasteiger partial charge < -0.3 is 10.5 Å². The number of benzene rings is 1. The molecule has 0 aliphatic heterocycles. The molecular formula is C11H13BrN4O. The number of hydrogen-bond acceptors (Lipinski definition) is 4. The normalized spacial score (nSPS) is 10.5. The lowest BCUT2D eigenvalue weighted by molar-refractivity contribution is 0.412. The summed E-state index contributed by atoms with van der Waals surface area (Å²) in [6.07, 6.45) is 1.88. The van der Waals surface area contributed by atoms with Crippen LogP contribution < -0.4 is 10.5 Å². The van der Waals surface area contributed by atoms with E-state index < -0.39 is 0 Å². The lowest BCUT2D eigenvalue weighted by atomic mass is 10.2. The molecule has 2 N–H and O–H groups in total. The summed E-state index contributed by atoms with van der Waals surface area (Å²) < 4.78 is 7.80. The van der Waals surface area contributed by atoms with Crippen LogP contribution in [0.4, 0.5) is 0 Å². The van der Waals surface area contributed by atoms with Gasteiger partial charge in [0.25, 0.3) is 0 Å². The van der Waals surface area contributed by atoms with Gasteiger partial charge in [0.15, 0.2) is 0 Å². The standard InChI is InChI=1S/C11H13BrN4O/c1-17-11-3-2-8(6-9(11)12)10-7-16(5-4-13)15-14-10/h2-3,6-7H,4-5,13H2,1H3. The fourth-order valence-corrected chi connectivity index (χ4v) is 2.04. The maximum Gasteiger partial charge on any atom is 0.133 e. The van der Waals surface area contributed by atoms with Gasteiger partial charge in [-0.05, 0) is 34.1 Å². The molecule has 0 saturated heterocycles. The second-order valence-corrected chi connectivity index (χ2v) is 4.36. The second-order valence-electron chi connectivity index (χ2n) is 3.50. The maximum atomic E-state index is 5.46. The van der Waals surface area contributed by atoms with Crippen LogP contribution in [0.5, 0.6) is 5.75 Å². The Bertz CT molecular complexity index is 512. The van der Waals surface area contributed by atoms with E-state index in [-0.39, 0.29) is 0 Å². The van der Waals surface area contributed by atoms with Crippen molar-refractivity contribution >= 4 is 15.9 Å². The highest BCUT2D eigenvalue weighted by molar-refractivity contribution is 9.10. The molecule has 1 aromatic heterocycles. The van der Waals surface area contributed by atoms with Gasteiger partial charge in [-0.15, -0.1) is 5.10 Å². The van der Waals surface area contributed by atoms with Gasteiger partial charge in [-0.2, -0.15) is 0 Å². The van der Waals surface area contributed by atoms with Crippen LogP contribution in [-0.2, 0) is 6.54 Å². The van der Waals surface area contributed by atoms with Gasteiger partial charge in [0.2, 0.25) is 0 Å². The van der Waals surface area contributed by atoms with Crippen molar-refractivity contribution in [2.75, 3.05) is 13.7 Å². The van der Waals surface area contributed by atoms with Crippen molar-refractivity contribution < 1.29 is 4.74 Å². The molecule has 5 nitrogen and oxygen atoms in total. The third-order valence-electron chi connectivity index (χ3n) is 2.34. The Hall–Kier alpha value is -1.40.